The van der Waals surface area contributed by atoms with Crippen LogP contribution in [0.5, 0.6) is 0 Å². The molecule has 26 heavy (non-hydrogen) atoms. The summed E-state index contributed by atoms with van der Waals surface area (Å²) in [5, 5.41) is 7.82. The standard InChI is InChI=1S/C18H23N3O4S/c1-3-21(4-2)17-11-10-15(26(19,23)24)12-16(17)20-18(22)25-13-14-8-6-5-7-9-14/h5-12H,3-4,13H2,1-2H3,(H,20,22)(H2,19,23,24). The van der Waals surface area contributed by atoms with Crippen molar-refractivity contribution in [3.05, 3.63) is 54.1 Å². The Morgan fingerprint density at radius 1 is 1.12 bits per heavy atom. The quantitative estimate of drug-likeness (QED) is 0.772. The van der Waals surface area contributed by atoms with E-state index in [9.17, 15) is 13.2 Å². The summed E-state index contributed by atoms with van der Waals surface area (Å²) in [5.74, 6) is 0. The number of rotatable bonds is 7. The summed E-state index contributed by atoms with van der Waals surface area (Å²) in [6, 6.07) is 13.6. The molecule has 0 saturated carbocycles. The molecule has 2 aromatic rings. The summed E-state index contributed by atoms with van der Waals surface area (Å²) >= 11 is 0. The first kappa shape index (κ1) is 19.7. The molecule has 1 amide bonds. The zero-order valence-corrected chi connectivity index (χ0v) is 15.6. The van der Waals surface area contributed by atoms with Gasteiger partial charge < -0.3 is 9.64 Å². The minimum absolute atomic E-state index is 0.0771. The minimum atomic E-state index is -3.88. The van der Waals surface area contributed by atoms with E-state index in [1.165, 1.54) is 12.1 Å². The molecular formula is C18H23N3O4S. The van der Waals surface area contributed by atoms with Crippen molar-refractivity contribution >= 4 is 27.5 Å². The molecule has 0 aromatic heterocycles. The number of hydrogen-bond donors (Lipinski definition) is 2. The summed E-state index contributed by atoms with van der Waals surface area (Å²) in [4.78, 5) is 14.1. The summed E-state index contributed by atoms with van der Waals surface area (Å²) in [6.45, 7) is 5.43. The Hall–Kier alpha value is -2.58. The molecule has 0 fully saturated rings. The molecule has 3 N–H and O–H groups in total. The molecule has 140 valence electrons. The van der Waals surface area contributed by atoms with Crippen molar-refractivity contribution in [3.8, 4) is 0 Å². The summed E-state index contributed by atoms with van der Waals surface area (Å²) in [7, 11) is -3.88. The lowest BCUT2D eigenvalue weighted by Gasteiger charge is -2.24. The zero-order chi connectivity index (χ0) is 19.2. The molecule has 0 aliphatic rings. The van der Waals surface area contributed by atoms with E-state index < -0.39 is 16.1 Å². The number of nitrogens with one attached hydrogen (secondary N) is 1. The van der Waals surface area contributed by atoms with Crippen LogP contribution in [0.4, 0.5) is 16.2 Å². The van der Waals surface area contributed by atoms with Crippen molar-refractivity contribution in [1.82, 2.24) is 0 Å². The van der Waals surface area contributed by atoms with Gasteiger partial charge in [-0.05, 0) is 37.6 Å². The van der Waals surface area contributed by atoms with Crippen LogP contribution in [0.3, 0.4) is 0 Å². The second kappa shape index (κ2) is 8.68. The second-order valence-corrected chi connectivity index (χ2v) is 7.14. The molecule has 8 heteroatoms. The zero-order valence-electron chi connectivity index (χ0n) is 14.8. The number of carbonyl (C=O) groups excluding carboxylic acids is 1. The van der Waals surface area contributed by atoms with E-state index in [0.29, 0.717) is 24.5 Å². The van der Waals surface area contributed by atoms with E-state index in [4.69, 9.17) is 9.88 Å². The third-order valence-electron chi connectivity index (χ3n) is 3.85. The van der Waals surface area contributed by atoms with Crippen LogP contribution in [0.2, 0.25) is 0 Å². The van der Waals surface area contributed by atoms with Gasteiger partial charge in [-0.15, -0.1) is 0 Å². The Balaban J connectivity index is 2.22. The molecule has 2 aromatic carbocycles. The monoisotopic (exact) mass is 377 g/mol. The first-order chi connectivity index (χ1) is 12.3. The molecule has 0 radical (unpaired) electrons. The van der Waals surface area contributed by atoms with E-state index in [1.807, 2.05) is 49.1 Å². The SMILES string of the molecule is CCN(CC)c1ccc(S(N)(=O)=O)cc1NC(=O)OCc1ccccc1. The molecule has 0 saturated heterocycles. The maximum Gasteiger partial charge on any atom is 0.412 e. The van der Waals surface area contributed by atoms with E-state index in [2.05, 4.69) is 5.32 Å². The third-order valence-corrected chi connectivity index (χ3v) is 4.76. The van der Waals surface area contributed by atoms with Gasteiger partial charge in [-0.25, -0.2) is 18.4 Å². The van der Waals surface area contributed by atoms with Gasteiger partial charge in [-0.3, -0.25) is 5.32 Å². The fourth-order valence-electron chi connectivity index (χ4n) is 2.50. The number of hydrogen-bond acceptors (Lipinski definition) is 5. The van der Waals surface area contributed by atoms with Gasteiger partial charge in [-0.2, -0.15) is 0 Å². The van der Waals surface area contributed by atoms with Gasteiger partial charge in [0.05, 0.1) is 16.3 Å². The highest BCUT2D eigenvalue weighted by Gasteiger charge is 2.16. The summed E-state index contributed by atoms with van der Waals surface area (Å²) < 4.78 is 28.5. The van der Waals surface area contributed by atoms with Crippen molar-refractivity contribution < 1.29 is 17.9 Å². The Bertz CT molecular complexity index is 850. The highest BCUT2D eigenvalue weighted by molar-refractivity contribution is 7.89. The first-order valence-electron chi connectivity index (χ1n) is 8.24. The van der Waals surface area contributed by atoms with Gasteiger partial charge in [0.25, 0.3) is 0 Å². The molecule has 7 nitrogen and oxygen atoms in total. The smallest absolute Gasteiger partial charge is 0.412 e. The van der Waals surface area contributed by atoms with Crippen LogP contribution in [-0.4, -0.2) is 27.6 Å². The minimum Gasteiger partial charge on any atom is -0.444 e. The normalized spacial score (nSPS) is 11.0. The number of primary sulfonamides is 1. The van der Waals surface area contributed by atoms with Crippen LogP contribution in [0.25, 0.3) is 0 Å². The van der Waals surface area contributed by atoms with Crippen LogP contribution in [0, 0.1) is 0 Å². The van der Waals surface area contributed by atoms with Gasteiger partial charge >= 0.3 is 6.09 Å². The van der Waals surface area contributed by atoms with Crippen molar-refractivity contribution in [2.45, 2.75) is 25.3 Å². The number of sulfonamides is 1. The Morgan fingerprint density at radius 2 is 1.77 bits per heavy atom. The Kier molecular flexibility index (Phi) is 6.59. The molecule has 0 unspecified atom stereocenters. The molecule has 0 atom stereocenters. The predicted molar refractivity (Wildman–Crippen MR) is 102 cm³/mol. The van der Waals surface area contributed by atoms with Crippen molar-refractivity contribution in [1.29, 1.82) is 0 Å². The topological polar surface area (TPSA) is 102 Å². The van der Waals surface area contributed by atoms with Crippen molar-refractivity contribution in [2.24, 2.45) is 5.14 Å². The highest BCUT2D eigenvalue weighted by Crippen LogP contribution is 2.29. The lowest BCUT2D eigenvalue weighted by atomic mass is 10.2. The average Bonchev–Trinajstić information content (AvgIpc) is 2.62. The first-order valence-corrected chi connectivity index (χ1v) is 9.79. The van der Waals surface area contributed by atoms with E-state index >= 15 is 0 Å². The maximum atomic E-state index is 12.2. The van der Waals surface area contributed by atoms with Gasteiger partial charge in [0.2, 0.25) is 10.0 Å². The fraction of sp³-hybridized carbons (Fsp3) is 0.278. The molecule has 0 spiro atoms. The molecule has 0 bridgehead atoms. The summed E-state index contributed by atoms with van der Waals surface area (Å²) in [6.07, 6.45) is -0.672. The Morgan fingerprint density at radius 3 is 2.35 bits per heavy atom. The van der Waals surface area contributed by atoms with Crippen LogP contribution >= 0.6 is 0 Å². The van der Waals surface area contributed by atoms with Crippen molar-refractivity contribution in [2.75, 3.05) is 23.3 Å². The maximum absolute atomic E-state index is 12.2. The number of carbonyl (C=O) groups is 1. The van der Waals surface area contributed by atoms with Gasteiger partial charge in [0.15, 0.2) is 0 Å². The molecule has 0 heterocycles. The van der Waals surface area contributed by atoms with Crippen LogP contribution in [0.1, 0.15) is 19.4 Å². The van der Waals surface area contributed by atoms with E-state index in [-0.39, 0.29) is 11.5 Å². The number of nitrogens with zero attached hydrogens (tertiary/aromatic N) is 1. The summed E-state index contributed by atoms with van der Waals surface area (Å²) in [5.41, 5.74) is 1.88. The predicted octanol–water partition coefficient (Wildman–Crippen LogP) is 2.93. The fourth-order valence-corrected chi connectivity index (χ4v) is 3.04. The lowest BCUT2D eigenvalue weighted by molar-refractivity contribution is 0.155. The number of amides is 1. The van der Waals surface area contributed by atoms with Crippen molar-refractivity contribution in [3.63, 3.8) is 0 Å². The van der Waals surface area contributed by atoms with E-state index in [0.717, 1.165) is 5.56 Å². The van der Waals surface area contributed by atoms with Gasteiger partial charge in [0.1, 0.15) is 6.61 Å². The van der Waals surface area contributed by atoms with E-state index in [1.54, 1.807) is 6.07 Å². The van der Waals surface area contributed by atoms with Gasteiger partial charge in [0, 0.05) is 13.1 Å². The van der Waals surface area contributed by atoms with Crippen LogP contribution in [-0.2, 0) is 21.4 Å². The Labute approximate surface area is 153 Å². The van der Waals surface area contributed by atoms with Crippen LogP contribution < -0.4 is 15.4 Å². The average molecular weight is 377 g/mol. The largest absolute Gasteiger partial charge is 0.444 e. The lowest BCUT2D eigenvalue weighted by Crippen LogP contribution is -2.25. The van der Waals surface area contributed by atoms with Crippen LogP contribution in [0.15, 0.2) is 53.4 Å². The number of ether oxygens (including phenoxy) is 1. The molecular weight excluding hydrogens is 354 g/mol. The molecule has 0 aliphatic carbocycles. The number of anilines is 2. The third kappa shape index (κ3) is 5.21. The molecule has 0 aliphatic heterocycles. The second-order valence-electron chi connectivity index (χ2n) is 5.58. The van der Waals surface area contributed by atoms with Gasteiger partial charge in [-0.1, -0.05) is 30.3 Å². The highest BCUT2D eigenvalue weighted by atomic mass is 32.2. The molecule has 2 rings (SSSR count). The number of benzene rings is 2. The number of nitrogens with two attached hydrogens (primary N) is 1.